The fraction of sp³-hybridized carbons (Fsp3) is 0.641. The highest BCUT2D eigenvalue weighted by Crippen LogP contribution is 2.44. The molecule has 0 bridgehead atoms. The maximum Gasteiger partial charge on any atom is 0.140 e. The normalized spacial score (nSPS) is 24.9. The first kappa shape index (κ1) is 31.7. The van der Waals surface area contributed by atoms with Gasteiger partial charge in [-0.25, -0.2) is 0 Å². The minimum absolute atomic E-state index is 0.0626. The van der Waals surface area contributed by atoms with Crippen LogP contribution in [0.4, 0.5) is 0 Å². The second-order valence-electron chi connectivity index (χ2n) is 14.5. The summed E-state index contributed by atoms with van der Waals surface area (Å²) >= 11 is 0. The smallest absolute Gasteiger partial charge is 0.140 e. The number of carbonyl (C=O) groups excluding carboxylic acids is 2. The number of ketones is 2. The van der Waals surface area contributed by atoms with Gasteiger partial charge in [0.05, 0.1) is 0 Å². The van der Waals surface area contributed by atoms with Crippen molar-refractivity contribution < 1.29 is 9.59 Å². The van der Waals surface area contributed by atoms with E-state index < -0.39 is 0 Å². The highest BCUT2D eigenvalue weighted by atomic mass is 16.1. The van der Waals surface area contributed by atoms with Gasteiger partial charge in [0.2, 0.25) is 0 Å². The van der Waals surface area contributed by atoms with E-state index in [1.165, 1.54) is 28.7 Å². The fourth-order valence-corrected chi connectivity index (χ4v) is 7.87. The maximum atomic E-state index is 13.2. The summed E-state index contributed by atoms with van der Waals surface area (Å²) < 4.78 is 0. The second kappa shape index (κ2) is 14.3. The Hall–Kier alpha value is -2.22. The zero-order valence-electron chi connectivity index (χ0n) is 26.9. The molecule has 0 N–H and O–H groups in total. The van der Waals surface area contributed by atoms with Gasteiger partial charge in [0.25, 0.3) is 0 Å². The molecule has 0 aromatic heterocycles. The number of Topliss-reactive ketones (excluding diaryl/α,β-unsaturated/α-hetero) is 2. The fourth-order valence-electron chi connectivity index (χ4n) is 7.87. The zero-order chi connectivity index (χ0) is 29.6. The van der Waals surface area contributed by atoms with Crippen molar-refractivity contribution >= 4 is 11.6 Å². The Morgan fingerprint density at radius 2 is 1.88 bits per heavy atom. The van der Waals surface area contributed by atoms with Gasteiger partial charge in [-0.2, -0.15) is 0 Å². The van der Waals surface area contributed by atoms with Gasteiger partial charge in [-0.05, 0) is 105 Å². The Bertz CT molecular complexity index is 1130. The van der Waals surface area contributed by atoms with Crippen LogP contribution in [0.1, 0.15) is 141 Å². The van der Waals surface area contributed by atoms with E-state index in [1.807, 2.05) is 0 Å². The van der Waals surface area contributed by atoms with E-state index >= 15 is 0 Å². The number of aryl methyl sites for hydroxylation is 1. The van der Waals surface area contributed by atoms with Crippen LogP contribution < -0.4 is 0 Å². The van der Waals surface area contributed by atoms with Crippen LogP contribution in [0.15, 0.2) is 54.2 Å². The summed E-state index contributed by atoms with van der Waals surface area (Å²) in [6.07, 6.45) is 23.5. The third-order valence-electron chi connectivity index (χ3n) is 10.4. The molecule has 0 spiro atoms. The third kappa shape index (κ3) is 7.99. The minimum Gasteiger partial charge on any atom is -0.299 e. The lowest BCUT2D eigenvalue weighted by molar-refractivity contribution is -0.127. The van der Waals surface area contributed by atoms with Crippen LogP contribution in [0.3, 0.4) is 0 Å². The van der Waals surface area contributed by atoms with Crippen molar-refractivity contribution in [2.24, 2.45) is 29.1 Å². The molecule has 0 radical (unpaired) electrons. The molecule has 224 valence electrons. The number of hydrogen-bond acceptors (Lipinski definition) is 2. The average Bonchev–Trinajstić information content (AvgIpc) is 3.69. The van der Waals surface area contributed by atoms with Gasteiger partial charge >= 0.3 is 0 Å². The number of rotatable bonds is 13. The van der Waals surface area contributed by atoms with Crippen LogP contribution in [0.25, 0.3) is 0 Å². The summed E-state index contributed by atoms with van der Waals surface area (Å²) in [5, 5.41) is 0. The van der Waals surface area contributed by atoms with E-state index in [1.54, 1.807) is 0 Å². The Kier molecular flexibility index (Phi) is 11.1. The number of fused-ring (bicyclic) bond motifs is 1. The molecule has 4 rings (SSSR count). The van der Waals surface area contributed by atoms with Crippen LogP contribution in [-0.4, -0.2) is 11.6 Å². The molecule has 5 unspecified atom stereocenters. The van der Waals surface area contributed by atoms with Crippen LogP contribution in [0.5, 0.6) is 0 Å². The van der Waals surface area contributed by atoms with Gasteiger partial charge in [-0.3, -0.25) is 9.59 Å². The molecule has 1 aromatic rings. The lowest BCUT2D eigenvalue weighted by atomic mass is 9.79. The van der Waals surface area contributed by atoms with E-state index in [-0.39, 0.29) is 23.2 Å². The first-order valence-electron chi connectivity index (χ1n) is 16.8. The Balaban J connectivity index is 1.35. The molecule has 3 aliphatic carbocycles. The quantitative estimate of drug-likeness (QED) is 0.226. The molecule has 2 nitrogen and oxygen atoms in total. The summed E-state index contributed by atoms with van der Waals surface area (Å²) in [5.41, 5.74) is 5.92. The topological polar surface area (TPSA) is 34.1 Å². The molecule has 1 saturated carbocycles. The van der Waals surface area contributed by atoms with Gasteiger partial charge < -0.3 is 0 Å². The summed E-state index contributed by atoms with van der Waals surface area (Å²) in [7, 11) is 0. The molecule has 1 aromatic carbocycles. The molecular formula is C39H56O2. The summed E-state index contributed by atoms with van der Waals surface area (Å²) in [5.74, 6) is 2.96. The van der Waals surface area contributed by atoms with Crippen LogP contribution >= 0.6 is 0 Å². The molecule has 0 amide bonds. The van der Waals surface area contributed by atoms with Gasteiger partial charge in [0.15, 0.2) is 0 Å². The van der Waals surface area contributed by atoms with Gasteiger partial charge in [0, 0.05) is 24.2 Å². The molecule has 41 heavy (non-hydrogen) atoms. The Morgan fingerprint density at radius 3 is 2.56 bits per heavy atom. The third-order valence-corrected chi connectivity index (χ3v) is 10.4. The van der Waals surface area contributed by atoms with Crippen molar-refractivity contribution in [2.45, 2.75) is 130 Å². The predicted octanol–water partition coefficient (Wildman–Crippen LogP) is 10.5. The van der Waals surface area contributed by atoms with Crippen LogP contribution in [0, 0.1) is 29.1 Å². The number of carbonyl (C=O) groups is 2. The van der Waals surface area contributed by atoms with Crippen molar-refractivity contribution in [1.82, 2.24) is 0 Å². The highest BCUT2D eigenvalue weighted by molar-refractivity contribution is 5.88. The highest BCUT2D eigenvalue weighted by Gasteiger charge is 2.35. The van der Waals surface area contributed by atoms with Gasteiger partial charge in [-0.15, -0.1) is 0 Å². The molecule has 0 aliphatic heterocycles. The summed E-state index contributed by atoms with van der Waals surface area (Å²) in [6, 6.07) is 7.01. The monoisotopic (exact) mass is 556 g/mol. The van der Waals surface area contributed by atoms with Crippen molar-refractivity contribution in [3.05, 3.63) is 70.8 Å². The molecule has 0 heterocycles. The first-order valence-corrected chi connectivity index (χ1v) is 16.8. The maximum absolute atomic E-state index is 13.2. The lowest BCUT2D eigenvalue weighted by Crippen LogP contribution is -2.22. The van der Waals surface area contributed by atoms with Crippen molar-refractivity contribution in [1.29, 1.82) is 0 Å². The zero-order valence-corrected chi connectivity index (χ0v) is 26.9. The van der Waals surface area contributed by atoms with Crippen molar-refractivity contribution in [2.75, 3.05) is 0 Å². The summed E-state index contributed by atoms with van der Waals surface area (Å²) in [4.78, 5) is 26.2. The molecular weight excluding hydrogens is 500 g/mol. The predicted molar refractivity (Wildman–Crippen MR) is 173 cm³/mol. The van der Waals surface area contributed by atoms with Crippen molar-refractivity contribution in [3.63, 3.8) is 0 Å². The molecule has 0 saturated heterocycles. The number of allylic oxidation sites excluding steroid dienone is 6. The number of hydrogen-bond donors (Lipinski definition) is 0. The molecule has 1 fully saturated rings. The van der Waals surface area contributed by atoms with Gasteiger partial charge in [0.1, 0.15) is 11.6 Å². The Labute approximate surface area is 251 Å². The van der Waals surface area contributed by atoms with E-state index in [4.69, 9.17) is 0 Å². The SMILES string of the molecule is CC=CCC(=CC(C)C1CCc2cc(C3CC(CCCC(CCC)C(=O)C4CC=CC4)CC3=O)ccc21)C(C)(C)C. The molecule has 2 heteroatoms. The lowest BCUT2D eigenvalue weighted by Gasteiger charge is -2.26. The van der Waals surface area contributed by atoms with Crippen molar-refractivity contribution in [3.8, 4) is 0 Å². The molecule has 5 atom stereocenters. The molecule has 3 aliphatic rings. The average molecular weight is 557 g/mol. The van der Waals surface area contributed by atoms with E-state index in [0.29, 0.717) is 35.7 Å². The first-order chi connectivity index (χ1) is 19.6. The van der Waals surface area contributed by atoms with E-state index in [9.17, 15) is 9.59 Å². The van der Waals surface area contributed by atoms with Crippen LogP contribution in [-0.2, 0) is 16.0 Å². The number of benzene rings is 1. The second-order valence-corrected chi connectivity index (χ2v) is 14.5. The largest absolute Gasteiger partial charge is 0.299 e. The minimum atomic E-state index is 0.0626. The Morgan fingerprint density at radius 1 is 1.12 bits per heavy atom. The van der Waals surface area contributed by atoms with E-state index in [2.05, 4.69) is 90.1 Å². The van der Waals surface area contributed by atoms with Crippen LogP contribution in [0.2, 0.25) is 0 Å². The van der Waals surface area contributed by atoms with Gasteiger partial charge in [-0.1, -0.05) is 102 Å². The van der Waals surface area contributed by atoms with E-state index in [0.717, 1.165) is 64.2 Å². The summed E-state index contributed by atoms with van der Waals surface area (Å²) in [6.45, 7) is 13.7. The standard InChI is InChI=1S/C39H56O2/c1-7-9-18-33(39(4,5)6)23-27(3)34-21-19-31-26-32(20-22-35(31)34)36-24-28(25-37(36)40)14-12-17-29(13-8-2)38(41)30-15-10-11-16-30/h7,9-11,20,22-23,26-30,34,36H,8,12-19,21,24-25H2,1-6H3.